The van der Waals surface area contributed by atoms with Crippen molar-refractivity contribution < 1.29 is 9.53 Å². The molecular weight excluding hydrogens is 304 g/mol. The van der Waals surface area contributed by atoms with Crippen molar-refractivity contribution in [2.75, 3.05) is 18.4 Å². The van der Waals surface area contributed by atoms with Crippen molar-refractivity contribution in [3.05, 3.63) is 16.6 Å². The van der Waals surface area contributed by atoms with Crippen LogP contribution in [0.1, 0.15) is 24.3 Å². The summed E-state index contributed by atoms with van der Waals surface area (Å²) in [7, 11) is 0. The SMILES string of the molecule is CC1(C)CN(C(=O)c2cscn2)CC(CBr)O1. The first-order chi connectivity index (χ1) is 8.02. The molecule has 1 saturated heterocycles. The first kappa shape index (κ1) is 13.0. The van der Waals surface area contributed by atoms with E-state index in [2.05, 4.69) is 20.9 Å². The molecule has 1 atom stereocenters. The average Bonchev–Trinajstić information content (AvgIpc) is 2.79. The molecule has 1 unspecified atom stereocenters. The normalized spacial score (nSPS) is 23.7. The summed E-state index contributed by atoms with van der Waals surface area (Å²) in [6.45, 7) is 5.23. The molecule has 1 aliphatic heterocycles. The molecule has 1 aromatic rings. The number of nitrogens with zero attached hydrogens (tertiary/aromatic N) is 2. The fourth-order valence-corrected chi connectivity index (χ4v) is 2.87. The third-order valence-electron chi connectivity index (χ3n) is 2.59. The van der Waals surface area contributed by atoms with Gasteiger partial charge in [0.25, 0.3) is 5.91 Å². The fourth-order valence-electron chi connectivity index (χ4n) is 2.01. The van der Waals surface area contributed by atoms with E-state index in [1.807, 2.05) is 18.7 Å². The molecular formula is C11H15BrN2O2S. The van der Waals surface area contributed by atoms with E-state index in [1.165, 1.54) is 11.3 Å². The van der Waals surface area contributed by atoms with Gasteiger partial charge in [0.05, 0.1) is 17.2 Å². The Morgan fingerprint density at radius 1 is 1.76 bits per heavy atom. The second-order valence-corrected chi connectivity index (χ2v) is 6.08. The lowest BCUT2D eigenvalue weighted by atomic mass is 10.1. The smallest absolute Gasteiger partial charge is 0.273 e. The summed E-state index contributed by atoms with van der Waals surface area (Å²) in [5, 5.41) is 2.52. The summed E-state index contributed by atoms with van der Waals surface area (Å²) in [6, 6.07) is 0. The van der Waals surface area contributed by atoms with Gasteiger partial charge in [-0.3, -0.25) is 4.79 Å². The van der Waals surface area contributed by atoms with Crippen LogP contribution in [-0.4, -0.2) is 45.9 Å². The zero-order chi connectivity index (χ0) is 12.5. The molecule has 2 rings (SSSR count). The Morgan fingerprint density at radius 2 is 2.53 bits per heavy atom. The Hall–Kier alpha value is -0.460. The second kappa shape index (κ2) is 5.04. The first-order valence-electron chi connectivity index (χ1n) is 5.43. The van der Waals surface area contributed by atoms with Crippen molar-refractivity contribution in [1.82, 2.24) is 9.88 Å². The number of rotatable bonds is 2. The van der Waals surface area contributed by atoms with Crippen molar-refractivity contribution in [2.24, 2.45) is 0 Å². The van der Waals surface area contributed by atoms with Crippen LogP contribution in [0.3, 0.4) is 0 Å². The van der Waals surface area contributed by atoms with Crippen molar-refractivity contribution in [3.8, 4) is 0 Å². The highest BCUT2D eigenvalue weighted by atomic mass is 79.9. The molecule has 4 nitrogen and oxygen atoms in total. The minimum absolute atomic E-state index is 0.00595. The third-order valence-corrected chi connectivity index (χ3v) is 3.90. The quantitative estimate of drug-likeness (QED) is 0.785. The zero-order valence-corrected chi connectivity index (χ0v) is 12.3. The number of halogens is 1. The van der Waals surface area contributed by atoms with Gasteiger partial charge in [-0.1, -0.05) is 15.9 Å². The van der Waals surface area contributed by atoms with Gasteiger partial charge in [0.2, 0.25) is 0 Å². The largest absolute Gasteiger partial charge is 0.368 e. The number of hydrogen-bond acceptors (Lipinski definition) is 4. The highest BCUT2D eigenvalue weighted by Crippen LogP contribution is 2.23. The minimum Gasteiger partial charge on any atom is -0.368 e. The monoisotopic (exact) mass is 318 g/mol. The summed E-state index contributed by atoms with van der Waals surface area (Å²) in [6.07, 6.45) is 0.0429. The number of hydrogen-bond donors (Lipinski definition) is 0. The first-order valence-corrected chi connectivity index (χ1v) is 7.49. The van der Waals surface area contributed by atoms with Gasteiger partial charge in [-0.2, -0.15) is 0 Å². The lowest BCUT2D eigenvalue weighted by Gasteiger charge is -2.42. The van der Waals surface area contributed by atoms with Gasteiger partial charge in [0.15, 0.2) is 0 Å². The van der Waals surface area contributed by atoms with Gasteiger partial charge in [0.1, 0.15) is 5.69 Å². The van der Waals surface area contributed by atoms with Crippen LogP contribution >= 0.6 is 27.3 Å². The highest BCUT2D eigenvalue weighted by Gasteiger charge is 2.35. The number of thiazole rings is 1. The lowest BCUT2D eigenvalue weighted by molar-refractivity contribution is -0.116. The molecule has 17 heavy (non-hydrogen) atoms. The van der Waals surface area contributed by atoms with Crippen molar-refractivity contribution in [1.29, 1.82) is 0 Å². The van der Waals surface area contributed by atoms with Crippen LogP contribution in [0.5, 0.6) is 0 Å². The molecule has 6 heteroatoms. The number of carbonyl (C=O) groups excluding carboxylic acids is 1. The van der Waals surface area contributed by atoms with Gasteiger partial charge in [-0.15, -0.1) is 11.3 Å². The highest BCUT2D eigenvalue weighted by molar-refractivity contribution is 9.09. The van der Waals surface area contributed by atoms with E-state index < -0.39 is 0 Å². The molecule has 1 fully saturated rings. The fraction of sp³-hybridized carbons (Fsp3) is 0.636. The Kier molecular flexibility index (Phi) is 3.85. The van der Waals surface area contributed by atoms with E-state index in [0.717, 1.165) is 5.33 Å². The van der Waals surface area contributed by atoms with Crippen LogP contribution in [0.4, 0.5) is 0 Å². The minimum atomic E-state index is -0.303. The van der Waals surface area contributed by atoms with Crippen molar-refractivity contribution >= 4 is 33.2 Å². The maximum Gasteiger partial charge on any atom is 0.273 e. The van der Waals surface area contributed by atoms with E-state index >= 15 is 0 Å². The van der Waals surface area contributed by atoms with Crippen molar-refractivity contribution in [2.45, 2.75) is 25.6 Å². The molecule has 0 saturated carbocycles. The van der Waals surface area contributed by atoms with E-state index in [9.17, 15) is 4.79 Å². The predicted molar refractivity (Wildman–Crippen MR) is 70.8 cm³/mol. The van der Waals surface area contributed by atoms with Gasteiger partial charge >= 0.3 is 0 Å². The molecule has 0 aromatic carbocycles. The zero-order valence-electron chi connectivity index (χ0n) is 9.85. The average molecular weight is 319 g/mol. The van der Waals surface area contributed by atoms with Crippen molar-refractivity contribution in [3.63, 3.8) is 0 Å². The number of amides is 1. The topological polar surface area (TPSA) is 42.4 Å². The molecule has 0 radical (unpaired) electrons. The maximum atomic E-state index is 12.2. The Bertz CT molecular complexity index is 394. The molecule has 0 spiro atoms. The summed E-state index contributed by atoms with van der Waals surface area (Å²) in [5.41, 5.74) is 1.91. The molecule has 0 N–H and O–H groups in total. The van der Waals surface area contributed by atoms with Crippen LogP contribution in [0.2, 0.25) is 0 Å². The Morgan fingerprint density at radius 3 is 3.12 bits per heavy atom. The van der Waals surface area contributed by atoms with E-state index in [4.69, 9.17) is 4.74 Å². The maximum absolute atomic E-state index is 12.2. The van der Waals surface area contributed by atoms with E-state index in [0.29, 0.717) is 18.8 Å². The molecule has 0 aliphatic carbocycles. The molecule has 94 valence electrons. The number of morpholine rings is 1. The summed E-state index contributed by atoms with van der Waals surface area (Å²) < 4.78 is 5.86. The number of alkyl halides is 1. The van der Waals surface area contributed by atoms with Gasteiger partial charge in [0, 0.05) is 23.8 Å². The van der Waals surface area contributed by atoms with E-state index in [1.54, 1.807) is 10.9 Å². The molecule has 1 amide bonds. The van der Waals surface area contributed by atoms with Crippen LogP contribution in [0, 0.1) is 0 Å². The summed E-state index contributed by atoms with van der Waals surface area (Å²) in [5.74, 6) is -0.00595. The standard InChI is InChI=1S/C11H15BrN2O2S/c1-11(2)6-14(4-8(3-12)16-11)10(15)9-5-17-7-13-9/h5,7-8H,3-4,6H2,1-2H3. The molecule has 1 aliphatic rings. The Balaban J connectivity index is 2.12. The Labute approximate surface area is 113 Å². The van der Waals surface area contributed by atoms with Crippen LogP contribution < -0.4 is 0 Å². The third kappa shape index (κ3) is 3.05. The predicted octanol–water partition coefficient (Wildman–Crippen LogP) is 2.16. The van der Waals surface area contributed by atoms with Crippen LogP contribution in [0.15, 0.2) is 10.9 Å². The summed E-state index contributed by atoms with van der Waals surface area (Å²) >= 11 is 4.85. The number of aromatic nitrogens is 1. The van der Waals surface area contributed by atoms with Crippen LogP contribution in [-0.2, 0) is 4.74 Å². The lowest BCUT2D eigenvalue weighted by Crippen LogP contribution is -2.55. The van der Waals surface area contributed by atoms with Gasteiger partial charge in [-0.25, -0.2) is 4.98 Å². The van der Waals surface area contributed by atoms with E-state index in [-0.39, 0.29) is 17.6 Å². The number of ether oxygens (including phenoxy) is 1. The summed E-state index contributed by atoms with van der Waals surface area (Å²) in [4.78, 5) is 18.1. The second-order valence-electron chi connectivity index (χ2n) is 4.71. The van der Waals surface area contributed by atoms with Gasteiger partial charge < -0.3 is 9.64 Å². The molecule has 1 aromatic heterocycles. The molecule has 2 heterocycles. The number of carbonyl (C=O) groups is 1. The van der Waals surface area contributed by atoms with Crippen LogP contribution in [0.25, 0.3) is 0 Å². The van der Waals surface area contributed by atoms with Gasteiger partial charge in [-0.05, 0) is 13.8 Å². The molecule has 0 bridgehead atoms.